The van der Waals surface area contributed by atoms with Crippen LogP contribution in [0.4, 0.5) is 0 Å². The molecule has 1 aromatic rings. The minimum atomic E-state index is -0.908. The first kappa shape index (κ1) is 21.9. The van der Waals surface area contributed by atoms with Crippen LogP contribution in [-0.4, -0.2) is 54.2 Å². The normalized spacial score (nSPS) is 32.4. The first-order valence-corrected chi connectivity index (χ1v) is 12.5. The van der Waals surface area contributed by atoms with Crippen molar-refractivity contribution in [2.45, 2.75) is 63.4 Å². The monoisotopic (exact) mass is 438 g/mol. The lowest BCUT2D eigenvalue weighted by molar-refractivity contribution is -0.119. The van der Waals surface area contributed by atoms with E-state index in [4.69, 9.17) is 23.2 Å². The fraction of sp³-hybridized carbons (Fsp3) is 0.750. The van der Waals surface area contributed by atoms with Crippen LogP contribution >= 0.6 is 23.2 Å². The van der Waals surface area contributed by atoms with Gasteiger partial charge in [-0.3, -0.25) is 0 Å². The Balaban J connectivity index is 1.64. The summed E-state index contributed by atoms with van der Waals surface area (Å²) in [4.78, 5) is 5.14. The molecule has 2 saturated heterocycles. The van der Waals surface area contributed by atoms with E-state index in [0.717, 1.165) is 57.7 Å². The number of hydrogen-bond acceptors (Lipinski definition) is 3. The van der Waals surface area contributed by atoms with Crippen molar-refractivity contribution in [1.29, 1.82) is 0 Å². The van der Waals surface area contributed by atoms with E-state index >= 15 is 0 Å². The van der Waals surface area contributed by atoms with Crippen molar-refractivity contribution in [2.75, 3.05) is 39.3 Å². The molecule has 3 fully saturated rings. The molecule has 0 spiro atoms. The minimum absolute atomic E-state index is 0.208. The second-order valence-corrected chi connectivity index (χ2v) is 10.3. The number of aliphatic hydroxyl groups is 1. The van der Waals surface area contributed by atoms with E-state index in [1.54, 1.807) is 0 Å². The van der Waals surface area contributed by atoms with E-state index < -0.39 is 5.60 Å². The highest BCUT2D eigenvalue weighted by atomic mass is 35.5. The fourth-order valence-electron chi connectivity index (χ4n) is 6.01. The predicted molar refractivity (Wildman–Crippen MR) is 122 cm³/mol. The van der Waals surface area contributed by atoms with Crippen LogP contribution < -0.4 is 0 Å². The van der Waals surface area contributed by atoms with Crippen LogP contribution in [0.15, 0.2) is 18.2 Å². The average Bonchev–Trinajstić information content (AvgIpc) is 2.74. The Morgan fingerprint density at radius 1 is 0.793 bits per heavy atom. The zero-order valence-electron chi connectivity index (χ0n) is 17.6. The van der Waals surface area contributed by atoms with Crippen molar-refractivity contribution >= 4 is 23.2 Å². The molecule has 0 radical (unpaired) electrons. The third-order valence-corrected chi connectivity index (χ3v) is 8.41. The maximum absolute atomic E-state index is 12.4. The van der Waals surface area contributed by atoms with E-state index in [-0.39, 0.29) is 11.8 Å². The molecular formula is C24H36Cl2N2O. The van der Waals surface area contributed by atoms with Crippen LogP contribution in [0.2, 0.25) is 10.0 Å². The van der Waals surface area contributed by atoms with Crippen LogP contribution in [0, 0.1) is 11.8 Å². The number of likely N-dealkylation sites (tertiary alicyclic amines) is 2. The summed E-state index contributed by atoms with van der Waals surface area (Å²) in [6.45, 7) is 6.57. The average molecular weight is 439 g/mol. The smallest absolute Gasteiger partial charge is 0.0991 e. The second-order valence-electron chi connectivity index (χ2n) is 9.47. The number of hydrogen-bond donors (Lipinski definition) is 1. The maximum Gasteiger partial charge on any atom is 0.0991 e. The highest BCUT2D eigenvalue weighted by molar-refractivity contribution is 6.42. The molecule has 2 aliphatic heterocycles. The highest BCUT2D eigenvalue weighted by Gasteiger charge is 2.49. The zero-order chi connectivity index (χ0) is 20.3. The summed E-state index contributed by atoms with van der Waals surface area (Å²) in [6, 6.07) is 5.80. The van der Waals surface area contributed by atoms with Crippen molar-refractivity contribution in [2.24, 2.45) is 11.8 Å². The Labute approximate surface area is 186 Å². The largest absolute Gasteiger partial charge is 0.384 e. The van der Waals surface area contributed by atoms with Gasteiger partial charge in [0.25, 0.3) is 0 Å². The molecule has 1 N–H and O–H groups in total. The summed E-state index contributed by atoms with van der Waals surface area (Å²) in [6.07, 6.45) is 11.1. The van der Waals surface area contributed by atoms with Crippen LogP contribution in [-0.2, 0) is 5.60 Å². The Morgan fingerprint density at radius 2 is 1.31 bits per heavy atom. The molecule has 1 aromatic carbocycles. The molecule has 2 heterocycles. The van der Waals surface area contributed by atoms with Gasteiger partial charge in [0.1, 0.15) is 0 Å². The van der Waals surface area contributed by atoms with Crippen molar-refractivity contribution in [3.8, 4) is 0 Å². The molecule has 0 aromatic heterocycles. The van der Waals surface area contributed by atoms with Gasteiger partial charge in [-0.05, 0) is 70.8 Å². The van der Waals surface area contributed by atoms with E-state index in [1.165, 1.54) is 44.9 Å². The van der Waals surface area contributed by atoms with Crippen LogP contribution in [0.1, 0.15) is 63.4 Å². The molecule has 2 unspecified atom stereocenters. The SMILES string of the molecule is OC1(c2cccc(Cl)c2Cl)C(CN2CCCCC2)CCCC1CN1CCCCC1. The quantitative estimate of drug-likeness (QED) is 0.650. The summed E-state index contributed by atoms with van der Waals surface area (Å²) in [5.41, 5.74) is -0.0508. The summed E-state index contributed by atoms with van der Waals surface area (Å²) in [5.74, 6) is 0.417. The van der Waals surface area contributed by atoms with Crippen molar-refractivity contribution in [1.82, 2.24) is 9.80 Å². The number of benzene rings is 1. The van der Waals surface area contributed by atoms with Gasteiger partial charge in [0.15, 0.2) is 0 Å². The molecule has 29 heavy (non-hydrogen) atoms. The topological polar surface area (TPSA) is 26.7 Å². The third-order valence-electron chi connectivity index (χ3n) is 7.59. The summed E-state index contributed by atoms with van der Waals surface area (Å²) < 4.78 is 0. The van der Waals surface area contributed by atoms with Gasteiger partial charge in [-0.15, -0.1) is 0 Å². The Kier molecular flexibility index (Phi) is 7.45. The van der Waals surface area contributed by atoms with Crippen molar-refractivity contribution < 1.29 is 5.11 Å². The zero-order valence-corrected chi connectivity index (χ0v) is 19.1. The van der Waals surface area contributed by atoms with Gasteiger partial charge >= 0.3 is 0 Å². The van der Waals surface area contributed by atoms with E-state index in [2.05, 4.69) is 9.80 Å². The lowest BCUT2D eigenvalue weighted by Gasteiger charge is -2.50. The van der Waals surface area contributed by atoms with Crippen molar-refractivity contribution in [3.63, 3.8) is 0 Å². The van der Waals surface area contributed by atoms with Crippen LogP contribution in [0.5, 0.6) is 0 Å². The molecule has 2 atom stereocenters. The first-order chi connectivity index (χ1) is 14.1. The molecular weight excluding hydrogens is 403 g/mol. The summed E-state index contributed by atoms with van der Waals surface area (Å²) in [7, 11) is 0. The van der Waals surface area contributed by atoms with Gasteiger partial charge in [0.2, 0.25) is 0 Å². The molecule has 4 rings (SSSR count). The second kappa shape index (κ2) is 9.87. The van der Waals surface area contributed by atoms with Gasteiger partial charge in [-0.25, -0.2) is 0 Å². The Morgan fingerprint density at radius 3 is 1.83 bits per heavy atom. The van der Waals surface area contributed by atoms with Gasteiger partial charge < -0.3 is 14.9 Å². The lowest BCUT2D eigenvalue weighted by Crippen LogP contribution is -2.53. The summed E-state index contributed by atoms with van der Waals surface area (Å²) >= 11 is 13.1. The lowest BCUT2D eigenvalue weighted by atomic mass is 9.64. The molecule has 5 heteroatoms. The van der Waals surface area contributed by atoms with Crippen LogP contribution in [0.3, 0.4) is 0 Å². The van der Waals surface area contributed by atoms with Gasteiger partial charge in [-0.2, -0.15) is 0 Å². The number of piperidine rings is 2. The van der Waals surface area contributed by atoms with E-state index in [0.29, 0.717) is 10.0 Å². The Hall–Kier alpha value is -0.320. The standard InChI is InChI=1S/C24H36Cl2N2O/c25-22-12-8-11-21(23(22)26)24(29)19(17-27-13-3-1-4-14-27)9-7-10-20(24)18-28-15-5-2-6-16-28/h8,11-12,19-20,29H,1-7,9-10,13-18H2. The van der Waals surface area contributed by atoms with Crippen LogP contribution in [0.25, 0.3) is 0 Å². The molecule has 3 nitrogen and oxygen atoms in total. The highest BCUT2D eigenvalue weighted by Crippen LogP contribution is 2.49. The molecule has 1 saturated carbocycles. The molecule has 1 aliphatic carbocycles. The molecule has 0 bridgehead atoms. The minimum Gasteiger partial charge on any atom is -0.384 e. The number of rotatable bonds is 5. The van der Waals surface area contributed by atoms with Gasteiger partial charge in [-0.1, -0.05) is 54.6 Å². The van der Waals surface area contributed by atoms with Gasteiger partial charge in [0, 0.05) is 30.5 Å². The predicted octanol–water partition coefficient (Wildman–Crippen LogP) is 5.57. The van der Waals surface area contributed by atoms with Crippen molar-refractivity contribution in [3.05, 3.63) is 33.8 Å². The molecule has 0 amide bonds. The molecule has 3 aliphatic rings. The Bertz CT molecular complexity index is 643. The molecule has 162 valence electrons. The summed E-state index contributed by atoms with van der Waals surface area (Å²) in [5, 5.41) is 13.5. The first-order valence-electron chi connectivity index (χ1n) is 11.7. The number of halogens is 2. The number of nitrogens with zero attached hydrogens (tertiary/aromatic N) is 2. The van der Waals surface area contributed by atoms with Gasteiger partial charge in [0.05, 0.1) is 15.6 Å². The van der Waals surface area contributed by atoms with E-state index in [9.17, 15) is 5.11 Å². The third kappa shape index (κ3) is 4.80. The fourth-order valence-corrected chi connectivity index (χ4v) is 6.46. The van der Waals surface area contributed by atoms with E-state index in [1.807, 2.05) is 18.2 Å². The maximum atomic E-state index is 12.4.